The molecule has 1 unspecified atom stereocenters. The first-order valence-corrected chi connectivity index (χ1v) is 5.62. The van der Waals surface area contributed by atoms with Gasteiger partial charge in [0.15, 0.2) is 6.10 Å². The zero-order valence-electron chi connectivity index (χ0n) is 7.42. The quantitative estimate of drug-likeness (QED) is 0.333. The van der Waals surface area contributed by atoms with Gasteiger partial charge in [0, 0.05) is 0 Å². The largest absolute Gasteiger partial charge is 0.394 e. The second kappa shape index (κ2) is 4.26. The normalized spacial score (nSPS) is 36.9. The second-order valence-corrected chi connectivity index (χ2v) is 4.67. The summed E-state index contributed by atoms with van der Waals surface area (Å²) in [6.45, 7) is -0.664. The van der Waals surface area contributed by atoms with Gasteiger partial charge >= 0.3 is 7.60 Å². The van der Waals surface area contributed by atoms with Gasteiger partial charge in [0.1, 0.15) is 18.3 Å². The van der Waals surface area contributed by atoms with Crippen molar-refractivity contribution in [1.82, 2.24) is 0 Å². The highest BCUT2D eigenvalue weighted by Crippen LogP contribution is 2.40. The van der Waals surface area contributed by atoms with Gasteiger partial charge in [-0.25, -0.2) is 0 Å². The molecule has 1 aliphatic heterocycles. The lowest BCUT2D eigenvalue weighted by Gasteiger charge is -2.13. The molecule has 0 aromatic carbocycles. The summed E-state index contributed by atoms with van der Waals surface area (Å²) in [7, 11) is -5.02. The van der Waals surface area contributed by atoms with E-state index in [0.717, 1.165) is 0 Å². The molecule has 1 fully saturated rings. The van der Waals surface area contributed by atoms with E-state index in [1.54, 1.807) is 0 Å². The fraction of sp³-hybridized carbons (Fsp3) is 0.833. The predicted octanol–water partition coefficient (Wildman–Crippen LogP) is -2.83. The monoisotopic (exact) mass is 242 g/mol. The zero-order valence-corrected chi connectivity index (χ0v) is 8.32. The third kappa shape index (κ3) is 2.43. The molecule has 0 amide bonds. The van der Waals surface area contributed by atoms with Crippen molar-refractivity contribution < 1.29 is 39.2 Å². The SMILES string of the molecule is O=C(C1O[C@H](CO)[C@@H](O)[C@H]1O)P(=O)(O)O. The summed E-state index contributed by atoms with van der Waals surface area (Å²) in [6.07, 6.45) is -6.32. The van der Waals surface area contributed by atoms with Gasteiger partial charge < -0.3 is 29.8 Å². The number of ether oxygens (including phenoxy) is 1. The van der Waals surface area contributed by atoms with Crippen LogP contribution >= 0.6 is 7.60 Å². The molecule has 0 spiro atoms. The van der Waals surface area contributed by atoms with E-state index in [-0.39, 0.29) is 0 Å². The Labute approximate surface area is 84.3 Å². The maximum absolute atomic E-state index is 11.0. The van der Waals surface area contributed by atoms with E-state index in [4.69, 9.17) is 14.9 Å². The van der Waals surface area contributed by atoms with Crippen molar-refractivity contribution in [3.8, 4) is 0 Å². The average Bonchev–Trinajstić information content (AvgIpc) is 2.41. The van der Waals surface area contributed by atoms with Crippen molar-refractivity contribution in [3.63, 3.8) is 0 Å². The highest BCUT2D eigenvalue weighted by Gasteiger charge is 2.50. The summed E-state index contributed by atoms with van der Waals surface area (Å²) >= 11 is 0. The van der Waals surface area contributed by atoms with Crippen molar-refractivity contribution in [2.45, 2.75) is 24.4 Å². The van der Waals surface area contributed by atoms with E-state index in [9.17, 15) is 19.6 Å². The number of hydrogen-bond donors (Lipinski definition) is 5. The Morgan fingerprint density at radius 1 is 1.27 bits per heavy atom. The molecule has 0 bridgehead atoms. The topological polar surface area (TPSA) is 145 Å². The molecule has 1 rings (SSSR count). The van der Waals surface area contributed by atoms with E-state index in [1.807, 2.05) is 0 Å². The number of hydrogen-bond acceptors (Lipinski definition) is 6. The van der Waals surface area contributed by atoms with Crippen LogP contribution in [0.2, 0.25) is 0 Å². The van der Waals surface area contributed by atoms with E-state index in [0.29, 0.717) is 0 Å². The summed E-state index contributed by atoms with van der Waals surface area (Å²) in [5.74, 6) is 0. The van der Waals surface area contributed by atoms with E-state index in [1.165, 1.54) is 0 Å². The molecule has 4 atom stereocenters. The smallest absolute Gasteiger partial charge is 0.394 e. The summed E-state index contributed by atoms with van der Waals surface area (Å²) in [6, 6.07) is 0. The first kappa shape index (κ1) is 12.7. The van der Waals surface area contributed by atoms with Gasteiger partial charge in [-0.2, -0.15) is 0 Å². The Balaban J connectivity index is 2.82. The van der Waals surface area contributed by atoms with Crippen molar-refractivity contribution in [3.05, 3.63) is 0 Å². The molecular weight excluding hydrogens is 231 g/mol. The highest BCUT2D eigenvalue weighted by molar-refractivity contribution is 7.70. The van der Waals surface area contributed by atoms with Crippen molar-refractivity contribution in [2.24, 2.45) is 0 Å². The highest BCUT2D eigenvalue weighted by atomic mass is 31.2. The first-order chi connectivity index (χ1) is 6.79. The van der Waals surface area contributed by atoms with E-state index in [2.05, 4.69) is 4.74 Å². The molecule has 5 N–H and O–H groups in total. The average molecular weight is 242 g/mol. The van der Waals surface area contributed by atoms with Gasteiger partial charge in [-0.1, -0.05) is 0 Å². The predicted molar refractivity (Wildman–Crippen MR) is 44.8 cm³/mol. The molecular formula is C6H11O8P. The molecule has 0 aliphatic carbocycles. The van der Waals surface area contributed by atoms with Crippen LogP contribution < -0.4 is 0 Å². The fourth-order valence-corrected chi connectivity index (χ4v) is 1.81. The van der Waals surface area contributed by atoms with E-state index >= 15 is 0 Å². The van der Waals surface area contributed by atoms with Gasteiger partial charge in [-0.3, -0.25) is 9.36 Å². The summed E-state index contributed by atoms with van der Waals surface area (Å²) in [5.41, 5.74) is -1.61. The van der Waals surface area contributed by atoms with Crippen LogP contribution in [0.1, 0.15) is 0 Å². The third-order valence-electron chi connectivity index (χ3n) is 2.07. The summed E-state index contributed by atoms with van der Waals surface area (Å²) < 4.78 is 15.2. The Bertz CT molecular complexity index is 298. The minimum atomic E-state index is -5.02. The van der Waals surface area contributed by atoms with Crippen molar-refractivity contribution in [2.75, 3.05) is 6.61 Å². The van der Waals surface area contributed by atoms with Crippen LogP contribution in [0.5, 0.6) is 0 Å². The Kier molecular flexibility index (Phi) is 3.62. The van der Waals surface area contributed by atoms with Crippen LogP contribution in [-0.4, -0.2) is 61.7 Å². The van der Waals surface area contributed by atoms with Crippen LogP contribution in [0, 0.1) is 0 Å². The van der Waals surface area contributed by atoms with Crippen molar-refractivity contribution >= 4 is 13.1 Å². The third-order valence-corrected chi connectivity index (χ3v) is 2.90. The molecule has 1 saturated heterocycles. The molecule has 1 heterocycles. The summed E-state index contributed by atoms with van der Waals surface area (Å²) in [5, 5.41) is 27.1. The maximum atomic E-state index is 11.0. The molecule has 8 nitrogen and oxygen atoms in total. The molecule has 0 saturated carbocycles. The Morgan fingerprint density at radius 3 is 2.13 bits per heavy atom. The number of aliphatic hydroxyl groups excluding tert-OH is 3. The van der Waals surface area contributed by atoms with Gasteiger partial charge in [0.2, 0.25) is 0 Å². The molecule has 15 heavy (non-hydrogen) atoms. The lowest BCUT2D eigenvalue weighted by atomic mass is 10.1. The fourth-order valence-electron chi connectivity index (χ4n) is 1.27. The minimum Gasteiger partial charge on any atom is -0.394 e. The minimum absolute atomic E-state index is 0.664. The van der Waals surface area contributed by atoms with E-state index < -0.39 is 44.1 Å². The molecule has 1 aliphatic rings. The van der Waals surface area contributed by atoms with Crippen LogP contribution in [-0.2, 0) is 14.1 Å². The molecule has 0 aromatic heterocycles. The lowest BCUT2D eigenvalue weighted by molar-refractivity contribution is -0.127. The Hall–Kier alpha value is -0.340. The summed E-state index contributed by atoms with van der Waals surface area (Å²) in [4.78, 5) is 28.1. The van der Waals surface area contributed by atoms with Gasteiger partial charge in [0.05, 0.1) is 6.61 Å². The van der Waals surface area contributed by atoms with Crippen LogP contribution in [0.4, 0.5) is 0 Å². The molecule has 88 valence electrons. The molecule has 9 heteroatoms. The first-order valence-electron chi connectivity index (χ1n) is 4.01. The lowest BCUT2D eigenvalue weighted by Crippen LogP contribution is -2.36. The van der Waals surface area contributed by atoms with Gasteiger partial charge in [-0.05, 0) is 0 Å². The van der Waals surface area contributed by atoms with Gasteiger partial charge in [-0.15, -0.1) is 0 Å². The molecule has 0 aromatic rings. The number of carbonyl (C=O) groups is 1. The number of rotatable bonds is 3. The Morgan fingerprint density at radius 2 is 1.80 bits per heavy atom. The number of carbonyl (C=O) groups excluding carboxylic acids is 1. The van der Waals surface area contributed by atoms with Gasteiger partial charge in [0.25, 0.3) is 5.52 Å². The van der Waals surface area contributed by atoms with Crippen LogP contribution in [0.3, 0.4) is 0 Å². The zero-order chi connectivity index (χ0) is 11.8. The van der Waals surface area contributed by atoms with Crippen molar-refractivity contribution in [1.29, 1.82) is 0 Å². The standard InChI is InChI=1S/C6H11O8P/c7-1-2-3(8)4(9)5(14-2)6(10)15(11,12)13/h2-5,7-9H,1H2,(H2,11,12,13)/t2-,3-,4-,5?/m1/s1. The van der Waals surface area contributed by atoms with Crippen LogP contribution in [0.15, 0.2) is 0 Å². The maximum Gasteiger partial charge on any atom is 0.394 e. The molecule has 0 radical (unpaired) electrons. The second-order valence-electron chi connectivity index (χ2n) is 3.14. The number of aliphatic hydroxyl groups is 3. The van der Waals surface area contributed by atoms with Crippen LogP contribution in [0.25, 0.3) is 0 Å².